The normalized spacial score (nSPS) is 10.7. The Morgan fingerprint density at radius 2 is 1.95 bits per heavy atom. The molecule has 0 aliphatic carbocycles. The van der Waals surface area contributed by atoms with Crippen molar-refractivity contribution in [3.05, 3.63) is 62.8 Å². The van der Waals surface area contributed by atoms with Crippen molar-refractivity contribution < 1.29 is 9.52 Å². The highest BCUT2D eigenvalue weighted by molar-refractivity contribution is 7.09. The molecule has 3 aromatic rings. The van der Waals surface area contributed by atoms with E-state index in [0.717, 1.165) is 22.7 Å². The number of H-pyrrole nitrogens is 1. The zero-order chi connectivity index (χ0) is 13.2. The SMILES string of the molecule is O=c1[nH]c(O)c(Cc2ccc(-c3ccccc3)o2)s1. The number of thiazole rings is 1. The second kappa shape index (κ2) is 4.78. The number of furan rings is 1. The summed E-state index contributed by atoms with van der Waals surface area (Å²) in [5, 5.41) is 9.53. The molecule has 2 heterocycles. The van der Waals surface area contributed by atoms with Gasteiger partial charge in [-0.3, -0.25) is 9.78 Å². The first-order valence-corrected chi connectivity index (χ1v) is 6.59. The van der Waals surface area contributed by atoms with Crippen LogP contribution in [-0.4, -0.2) is 10.1 Å². The van der Waals surface area contributed by atoms with Gasteiger partial charge in [0.05, 0.1) is 4.88 Å². The molecular formula is C14H11NO3S. The van der Waals surface area contributed by atoms with Gasteiger partial charge in [-0.25, -0.2) is 0 Å². The van der Waals surface area contributed by atoms with Crippen molar-refractivity contribution in [2.24, 2.45) is 0 Å². The predicted octanol–water partition coefficient (Wildman–Crippen LogP) is 2.99. The van der Waals surface area contributed by atoms with Crippen LogP contribution in [0.4, 0.5) is 0 Å². The van der Waals surface area contributed by atoms with Gasteiger partial charge in [-0.2, -0.15) is 0 Å². The summed E-state index contributed by atoms with van der Waals surface area (Å²) in [6, 6.07) is 13.5. The Labute approximate surface area is 113 Å². The number of aromatic amines is 1. The minimum absolute atomic E-state index is 0.0762. The number of nitrogens with one attached hydrogen (secondary N) is 1. The van der Waals surface area contributed by atoms with Gasteiger partial charge < -0.3 is 9.52 Å². The topological polar surface area (TPSA) is 66.2 Å². The van der Waals surface area contributed by atoms with E-state index >= 15 is 0 Å². The Morgan fingerprint density at radius 3 is 2.63 bits per heavy atom. The van der Waals surface area contributed by atoms with Gasteiger partial charge >= 0.3 is 4.87 Å². The molecule has 0 aliphatic rings. The number of hydrogen-bond donors (Lipinski definition) is 2. The summed E-state index contributed by atoms with van der Waals surface area (Å²) in [4.78, 5) is 13.8. The standard InChI is InChI=1S/C14H11NO3S/c16-13-12(19-14(17)15-13)8-10-6-7-11(18-10)9-4-2-1-3-5-9/h1-7,16H,8H2,(H,15,17). The predicted molar refractivity (Wildman–Crippen MR) is 73.6 cm³/mol. The lowest BCUT2D eigenvalue weighted by atomic mass is 10.2. The molecule has 0 spiro atoms. The zero-order valence-electron chi connectivity index (χ0n) is 9.92. The molecule has 0 atom stereocenters. The molecule has 96 valence electrons. The lowest BCUT2D eigenvalue weighted by molar-refractivity contribution is 0.448. The van der Waals surface area contributed by atoms with Gasteiger partial charge in [-0.1, -0.05) is 41.7 Å². The van der Waals surface area contributed by atoms with Crippen molar-refractivity contribution in [3.63, 3.8) is 0 Å². The fraction of sp³-hybridized carbons (Fsp3) is 0.0714. The minimum atomic E-state index is -0.262. The largest absolute Gasteiger partial charge is 0.494 e. The van der Waals surface area contributed by atoms with E-state index in [1.807, 2.05) is 42.5 Å². The van der Waals surface area contributed by atoms with E-state index in [0.29, 0.717) is 17.1 Å². The summed E-state index contributed by atoms with van der Waals surface area (Å²) in [6.45, 7) is 0. The van der Waals surface area contributed by atoms with Gasteiger partial charge in [0.1, 0.15) is 11.5 Å². The van der Waals surface area contributed by atoms with Crippen LogP contribution in [0.3, 0.4) is 0 Å². The first-order valence-electron chi connectivity index (χ1n) is 5.77. The molecule has 19 heavy (non-hydrogen) atoms. The molecule has 0 amide bonds. The molecule has 2 aromatic heterocycles. The summed E-state index contributed by atoms with van der Waals surface area (Å²) in [7, 11) is 0. The second-order valence-electron chi connectivity index (χ2n) is 4.10. The quantitative estimate of drug-likeness (QED) is 0.771. The Balaban J connectivity index is 1.86. The van der Waals surface area contributed by atoms with Crippen LogP contribution in [0.25, 0.3) is 11.3 Å². The Hall–Kier alpha value is -2.27. The molecule has 0 saturated heterocycles. The van der Waals surface area contributed by atoms with Crippen molar-refractivity contribution in [2.45, 2.75) is 6.42 Å². The maximum Gasteiger partial charge on any atom is 0.307 e. The highest BCUT2D eigenvalue weighted by Crippen LogP contribution is 2.25. The third-order valence-electron chi connectivity index (χ3n) is 2.76. The molecular weight excluding hydrogens is 262 g/mol. The third-order valence-corrected chi connectivity index (χ3v) is 3.63. The summed E-state index contributed by atoms with van der Waals surface area (Å²) in [5.74, 6) is 1.41. The average Bonchev–Trinajstić information content (AvgIpc) is 2.99. The van der Waals surface area contributed by atoms with Gasteiger partial charge in [0.15, 0.2) is 0 Å². The van der Waals surface area contributed by atoms with Crippen LogP contribution < -0.4 is 4.87 Å². The van der Waals surface area contributed by atoms with Gasteiger partial charge in [0, 0.05) is 12.0 Å². The van der Waals surface area contributed by atoms with Crippen LogP contribution in [0, 0.1) is 0 Å². The van der Waals surface area contributed by atoms with Crippen molar-refractivity contribution >= 4 is 11.3 Å². The summed E-state index contributed by atoms with van der Waals surface area (Å²) < 4.78 is 5.72. The zero-order valence-corrected chi connectivity index (χ0v) is 10.7. The smallest absolute Gasteiger partial charge is 0.307 e. The maximum absolute atomic E-state index is 11.1. The highest BCUT2D eigenvalue weighted by Gasteiger charge is 2.11. The molecule has 3 rings (SSSR count). The lowest BCUT2D eigenvalue weighted by Crippen LogP contribution is -1.89. The number of aromatic nitrogens is 1. The van der Waals surface area contributed by atoms with Crippen molar-refractivity contribution in [1.29, 1.82) is 0 Å². The third kappa shape index (κ3) is 2.46. The lowest BCUT2D eigenvalue weighted by Gasteiger charge is -1.96. The van der Waals surface area contributed by atoms with E-state index in [9.17, 15) is 9.90 Å². The van der Waals surface area contributed by atoms with E-state index < -0.39 is 0 Å². The van der Waals surface area contributed by atoms with Crippen LogP contribution in [0.15, 0.2) is 51.7 Å². The molecule has 0 aliphatic heterocycles. The molecule has 0 bridgehead atoms. The average molecular weight is 273 g/mol. The van der Waals surface area contributed by atoms with E-state index in [1.165, 1.54) is 0 Å². The summed E-state index contributed by atoms with van der Waals surface area (Å²) in [5.41, 5.74) is 1.00. The van der Waals surface area contributed by atoms with E-state index in [4.69, 9.17) is 4.42 Å². The Kier molecular flexibility index (Phi) is 2.97. The monoisotopic (exact) mass is 273 g/mol. The van der Waals surface area contributed by atoms with Gasteiger partial charge in [0.25, 0.3) is 0 Å². The molecule has 0 saturated carbocycles. The first-order chi connectivity index (χ1) is 9.22. The maximum atomic E-state index is 11.1. The van der Waals surface area contributed by atoms with E-state index in [1.54, 1.807) is 0 Å². The Morgan fingerprint density at radius 1 is 1.16 bits per heavy atom. The van der Waals surface area contributed by atoms with Crippen LogP contribution in [-0.2, 0) is 6.42 Å². The minimum Gasteiger partial charge on any atom is -0.494 e. The van der Waals surface area contributed by atoms with Crippen LogP contribution in [0.2, 0.25) is 0 Å². The van der Waals surface area contributed by atoms with Crippen molar-refractivity contribution in [1.82, 2.24) is 4.98 Å². The van der Waals surface area contributed by atoms with Gasteiger partial charge in [0.2, 0.25) is 5.88 Å². The van der Waals surface area contributed by atoms with E-state index in [2.05, 4.69) is 4.98 Å². The van der Waals surface area contributed by atoms with Crippen molar-refractivity contribution in [3.8, 4) is 17.2 Å². The van der Waals surface area contributed by atoms with Gasteiger partial charge in [-0.15, -0.1) is 0 Å². The Bertz CT molecular complexity index is 739. The first kappa shape index (κ1) is 11.8. The fourth-order valence-electron chi connectivity index (χ4n) is 1.86. The molecule has 5 heteroatoms. The number of hydrogen-bond acceptors (Lipinski definition) is 4. The summed E-state index contributed by atoms with van der Waals surface area (Å²) in [6.07, 6.45) is 0.405. The fourth-order valence-corrected chi connectivity index (χ4v) is 2.59. The second-order valence-corrected chi connectivity index (χ2v) is 5.16. The number of rotatable bonds is 3. The van der Waals surface area contributed by atoms with Crippen LogP contribution in [0.5, 0.6) is 5.88 Å². The molecule has 2 N–H and O–H groups in total. The van der Waals surface area contributed by atoms with Crippen LogP contribution >= 0.6 is 11.3 Å². The van der Waals surface area contributed by atoms with Crippen molar-refractivity contribution in [2.75, 3.05) is 0 Å². The summed E-state index contributed by atoms with van der Waals surface area (Å²) >= 11 is 0.993. The molecule has 1 aromatic carbocycles. The van der Waals surface area contributed by atoms with Gasteiger partial charge in [-0.05, 0) is 12.1 Å². The van der Waals surface area contributed by atoms with E-state index in [-0.39, 0.29) is 10.8 Å². The highest BCUT2D eigenvalue weighted by atomic mass is 32.1. The molecule has 4 nitrogen and oxygen atoms in total. The molecule has 0 unspecified atom stereocenters. The van der Waals surface area contributed by atoms with Crippen LogP contribution in [0.1, 0.15) is 10.6 Å². The number of aromatic hydroxyl groups is 1. The molecule has 0 fully saturated rings. The number of benzene rings is 1. The molecule has 0 radical (unpaired) electrons.